The maximum absolute atomic E-state index is 11.9. The van der Waals surface area contributed by atoms with Crippen LogP contribution in [0.5, 0.6) is 0 Å². The van der Waals surface area contributed by atoms with Crippen LogP contribution in [0.3, 0.4) is 0 Å². The molecule has 0 aromatic carbocycles. The zero-order valence-corrected chi connectivity index (χ0v) is 9.46. The summed E-state index contributed by atoms with van der Waals surface area (Å²) in [6, 6.07) is 0.238. The highest BCUT2D eigenvalue weighted by atomic mass is 16.1. The van der Waals surface area contributed by atoms with Gasteiger partial charge in [-0.3, -0.25) is 4.79 Å². The molecule has 0 spiro atoms. The van der Waals surface area contributed by atoms with Gasteiger partial charge in [-0.15, -0.1) is 0 Å². The van der Waals surface area contributed by atoms with Crippen LogP contribution < -0.4 is 10.6 Å². The number of nitrogens with one attached hydrogen (secondary N) is 2. The highest BCUT2D eigenvalue weighted by Crippen LogP contribution is 2.25. The van der Waals surface area contributed by atoms with Gasteiger partial charge in [0.2, 0.25) is 5.91 Å². The van der Waals surface area contributed by atoms with E-state index in [2.05, 4.69) is 24.0 Å². The van der Waals surface area contributed by atoms with Crippen LogP contribution in [-0.2, 0) is 4.79 Å². The van der Waals surface area contributed by atoms with Crippen molar-refractivity contribution in [2.45, 2.75) is 38.6 Å². The lowest BCUT2D eigenvalue weighted by Crippen LogP contribution is -2.50. The largest absolute Gasteiger partial charge is 0.352 e. The van der Waals surface area contributed by atoms with E-state index in [1.807, 2.05) is 0 Å². The maximum Gasteiger partial charge on any atom is 0.223 e. The first-order chi connectivity index (χ1) is 7.25. The molecule has 1 aliphatic heterocycles. The average molecular weight is 209 g/mol. The highest BCUT2D eigenvalue weighted by Gasteiger charge is 2.26. The van der Waals surface area contributed by atoms with Gasteiger partial charge in [-0.2, -0.15) is 0 Å². The normalized spacial score (nSPS) is 32.9. The standard InChI is InChI=1S/C12H21N2O/c1-9-6-11(8-13-7-9)14-12(15)10-4-2-3-5-10/h6,9-11,13H,2-5,7-8H2,1H3,(H,14,15). The summed E-state index contributed by atoms with van der Waals surface area (Å²) in [7, 11) is 0. The predicted octanol–water partition coefficient (Wildman–Crippen LogP) is 1.10. The first-order valence-electron chi connectivity index (χ1n) is 6.12. The molecule has 15 heavy (non-hydrogen) atoms. The van der Waals surface area contributed by atoms with Gasteiger partial charge in [0, 0.05) is 18.5 Å². The molecule has 1 aliphatic carbocycles. The molecule has 85 valence electrons. The Morgan fingerprint density at radius 1 is 1.33 bits per heavy atom. The summed E-state index contributed by atoms with van der Waals surface area (Å²) in [6.45, 7) is 4.11. The molecule has 2 unspecified atom stereocenters. The van der Waals surface area contributed by atoms with E-state index in [1.54, 1.807) is 0 Å². The molecule has 2 fully saturated rings. The monoisotopic (exact) mass is 209 g/mol. The molecule has 1 amide bonds. The Kier molecular flexibility index (Phi) is 3.62. The van der Waals surface area contributed by atoms with Gasteiger partial charge in [0.25, 0.3) is 0 Å². The molecule has 2 N–H and O–H groups in total. The van der Waals surface area contributed by atoms with Crippen LogP contribution >= 0.6 is 0 Å². The fourth-order valence-corrected chi connectivity index (χ4v) is 2.59. The van der Waals surface area contributed by atoms with Crippen molar-refractivity contribution in [2.24, 2.45) is 11.8 Å². The van der Waals surface area contributed by atoms with Gasteiger partial charge >= 0.3 is 0 Å². The van der Waals surface area contributed by atoms with E-state index in [1.165, 1.54) is 12.8 Å². The Balaban J connectivity index is 1.77. The van der Waals surface area contributed by atoms with Gasteiger partial charge in [0.05, 0.1) is 0 Å². The molecule has 1 saturated heterocycles. The third-order valence-electron chi connectivity index (χ3n) is 3.45. The highest BCUT2D eigenvalue weighted by molar-refractivity contribution is 5.79. The molecule has 3 nitrogen and oxygen atoms in total. The number of carbonyl (C=O) groups excluding carboxylic acids is 1. The molecule has 0 aromatic rings. The van der Waals surface area contributed by atoms with E-state index in [4.69, 9.17) is 0 Å². The molecule has 2 rings (SSSR count). The van der Waals surface area contributed by atoms with Crippen molar-refractivity contribution in [3.63, 3.8) is 0 Å². The topological polar surface area (TPSA) is 41.1 Å². The molecule has 3 heteroatoms. The minimum Gasteiger partial charge on any atom is -0.352 e. The molecule has 0 aromatic heterocycles. The Labute approximate surface area is 92.0 Å². The summed E-state index contributed by atoms with van der Waals surface area (Å²) in [4.78, 5) is 11.9. The quantitative estimate of drug-likeness (QED) is 0.715. The molecule has 1 radical (unpaired) electrons. The smallest absolute Gasteiger partial charge is 0.223 e. The van der Waals surface area contributed by atoms with Crippen LogP contribution in [0.25, 0.3) is 0 Å². The summed E-state index contributed by atoms with van der Waals surface area (Å²) < 4.78 is 0. The van der Waals surface area contributed by atoms with E-state index >= 15 is 0 Å². The minimum absolute atomic E-state index is 0.238. The van der Waals surface area contributed by atoms with Gasteiger partial charge < -0.3 is 10.6 Å². The lowest BCUT2D eigenvalue weighted by Gasteiger charge is -2.29. The second kappa shape index (κ2) is 4.97. The molecular weight excluding hydrogens is 188 g/mol. The SMILES string of the molecule is CC1[CH]C(NC(=O)C2CCCC2)CNC1. The molecular formula is C12H21N2O. The van der Waals surface area contributed by atoms with E-state index in [0.717, 1.165) is 25.9 Å². The lowest BCUT2D eigenvalue weighted by atomic mass is 9.97. The zero-order valence-electron chi connectivity index (χ0n) is 9.46. The van der Waals surface area contributed by atoms with Gasteiger partial charge in [0.1, 0.15) is 0 Å². The zero-order chi connectivity index (χ0) is 10.7. The van der Waals surface area contributed by atoms with Crippen LogP contribution in [0.2, 0.25) is 0 Å². The molecule has 2 aliphatic rings. The minimum atomic E-state index is 0.238. The third kappa shape index (κ3) is 2.94. The summed E-state index contributed by atoms with van der Waals surface area (Å²) in [5.74, 6) is 1.12. The van der Waals surface area contributed by atoms with Gasteiger partial charge in [-0.1, -0.05) is 19.8 Å². The lowest BCUT2D eigenvalue weighted by molar-refractivity contribution is -0.125. The van der Waals surface area contributed by atoms with E-state index in [-0.39, 0.29) is 17.9 Å². The van der Waals surface area contributed by atoms with E-state index in [0.29, 0.717) is 5.92 Å². The molecule has 2 atom stereocenters. The Morgan fingerprint density at radius 3 is 2.73 bits per heavy atom. The van der Waals surface area contributed by atoms with Crippen molar-refractivity contribution < 1.29 is 4.79 Å². The Morgan fingerprint density at radius 2 is 2.07 bits per heavy atom. The predicted molar refractivity (Wildman–Crippen MR) is 60.2 cm³/mol. The summed E-state index contributed by atoms with van der Waals surface area (Å²) in [6.07, 6.45) is 6.87. The van der Waals surface area contributed by atoms with Gasteiger partial charge in [-0.05, 0) is 31.7 Å². The van der Waals surface area contributed by atoms with E-state index < -0.39 is 0 Å². The maximum atomic E-state index is 11.9. The number of hydrogen-bond acceptors (Lipinski definition) is 2. The van der Waals surface area contributed by atoms with Gasteiger partial charge in [-0.25, -0.2) is 0 Å². The van der Waals surface area contributed by atoms with Crippen molar-refractivity contribution in [3.8, 4) is 0 Å². The van der Waals surface area contributed by atoms with Gasteiger partial charge in [0.15, 0.2) is 0 Å². The fraction of sp³-hybridized carbons (Fsp3) is 0.833. The Hall–Kier alpha value is -0.570. The summed E-state index contributed by atoms with van der Waals surface area (Å²) in [5, 5.41) is 6.47. The number of amides is 1. The Bertz CT molecular complexity index is 224. The number of hydrogen-bond donors (Lipinski definition) is 2. The summed E-state index contributed by atoms with van der Waals surface area (Å²) >= 11 is 0. The van der Waals surface area contributed by atoms with Crippen molar-refractivity contribution in [2.75, 3.05) is 13.1 Å². The first kappa shape index (κ1) is 10.9. The second-order valence-electron chi connectivity index (χ2n) is 4.92. The van der Waals surface area contributed by atoms with E-state index in [9.17, 15) is 4.79 Å². The second-order valence-corrected chi connectivity index (χ2v) is 4.92. The molecule has 0 bridgehead atoms. The van der Waals surface area contributed by atoms with Crippen molar-refractivity contribution in [1.82, 2.24) is 10.6 Å². The van der Waals surface area contributed by atoms with Crippen LogP contribution in [-0.4, -0.2) is 25.0 Å². The van der Waals surface area contributed by atoms with Crippen LogP contribution in [0.1, 0.15) is 32.6 Å². The summed E-state index contributed by atoms with van der Waals surface area (Å²) in [5.41, 5.74) is 0. The average Bonchev–Trinajstić information content (AvgIpc) is 2.70. The van der Waals surface area contributed by atoms with Crippen molar-refractivity contribution >= 4 is 5.91 Å². The van der Waals surface area contributed by atoms with Crippen LogP contribution in [0.4, 0.5) is 0 Å². The van der Waals surface area contributed by atoms with Crippen molar-refractivity contribution in [3.05, 3.63) is 6.42 Å². The van der Waals surface area contributed by atoms with Crippen molar-refractivity contribution in [1.29, 1.82) is 0 Å². The number of rotatable bonds is 2. The molecule has 1 saturated carbocycles. The molecule has 1 heterocycles. The number of piperidine rings is 1. The van der Waals surface area contributed by atoms with Crippen LogP contribution in [0, 0.1) is 18.3 Å². The third-order valence-corrected chi connectivity index (χ3v) is 3.45. The van der Waals surface area contributed by atoms with Crippen LogP contribution in [0.15, 0.2) is 0 Å². The number of carbonyl (C=O) groups is 1. The fourth-order valence-electron chi connectivity index (χ4n) is 2.59. The first-order valence-corrected chi connectivity index (χ1v) is 6.12.